The standard InChI is InChI=1S/C38H78O21S/c1-42-4-5-44-8-9-46-12-13-48-16-17-50-20-21-52-24-25-54-28-29-56-32-33-58-36-37-59-35-34-57-31-30-55-27-26-53-23-22-51-19-18-49-15-14-47-11-10-45-7-6-43-3-2-38-60(39,40)41/h2-38H2,1H3,(H,39,40,41). The van der Waals surface area contributed by atoms with E-state index in [9.17, 15) is 8.42 Å². The van der Waals surface area contributed by atoms with Gasteiger partial charge < -0.3 is 85.3 Å². The van der Waals surface area contributed by atoms with E-state index in [4.69, 9.17) is 89.8 Å². The number of ether oxygens (including phenoxy) is 18. The predicted molar refractivity (Wildman–Crippen MR) is 217 cm³/mol. The number of hydrogen-bond donors (Lipinski definition) is 1. The molecular formula is C38H78O21S. The minimum atomic E-state index is -3.93. The molecule has 362 valence electrons. The van der Waals surface area contributed by atoms with E-state index in [-0.39, 0.29) is 18.8 Å². The highest BCUT2D eigenvalue weighted by atomic mass is 32.2. The van der Waals surface area contributed by atoms with Gasteiger partial charge in [0.2, 0.25) is 0 Å². The molecule has 0 rings (SSSR count). The molecule has 0 amide bonds. The molecule has 21 nitrogen and oxygen atoms in total. The van der Waals surface area contributed by atoms with Crippen LogP contribution in [0.3, 0.4) is 0 Å². The van der Waals surface area contributed by atoms with Crippen LogP contribution in [0.2, 0.25) is 0 Å². The summed E-state index contributed by atoms with van der Waals surface area (Å²) in [4.78, 5) is 0. The Morgan fingerprint density at radius 2 is 0.383 bits per heavy atom. The van der Waals surface area contributed by atoms with Crippen molar-refractivity contribution < 1.29 is 98.2 Å². The lowest BCUT2D eigenvalue weighted by Crippen LogP contribution is -2.16. The summed E-state index contributed by atoms with van der Waals surface area (Å²) in [6.07, 6.45) is 0.242. The Bertz CT molecular complexity index is 895. The first-order valence-corrected chi connectivity index (χ1v) is 22.4. The second kappa shape index (κ2) is 52.5. The van der Waals surface area contributed by atoms with Crippen molar-refractivity contribution in [2.45, 2.75) is 6.42 Å². The van der Waals surface area contributed by atoms with Gasteiger partial charge in [0, 0.05) is 13.7 Å². The van der Waals surface area contributed by atoms with Crippen LogP contribution in [-0.4, -0.2) is 257 Å². The van der Waals surface area contributed by atoms with Crippen LogP contribution < -0.4 is 0 Å². The van der Waals surface area contributed by atoms with Crippen LogP contribution in [0.25, 0.3) is 0 Å². The average molecular weight is 903 g/mol. The zero-order valence-corrected chi connectivity index (χ0v) is 37.0. The summed E-state index contributed by atoms with van der Waals surface area (Å²) in [5.41, 5.74) is 0. The maximum atomic E-state index is 10.6. The van der Waals surface area contributed by atoms with Crippen LogP contribution in [-0.2, 0) is 95.4 Å². The van der Waals surface area contributed by atoms with Gasteiger partial charge in [-0.2, -0.15) is 8.42 Å². The summed E-state index contributed by atoms with van der Waals surface area (Å²) in [5, 5.41) is 0. The normalized spacial score (nSPS) is 12.0. The van der Waals surface area contributed by atoms with Crippen molar-refractivity contribution >= 4 is 10.1 Å². The third-order valence-corrected chi connectivity index (χ3v) is 7.88. The van der Waals surface area contributed by atoms with Crippen LogP contribution in [0, 0.1) is 0 Å². The Kier molecular flexibility index (Phi) is 51.8. The summed E-state index contributed by atoms with van der Waals surface area (Å²) < 4.78 is 127. The summed E-state index contributed by atoms with van der Waals surface area (Å²) >= 11 is 0. The van der Waals surface area contributed by atoms with Gasteiger partial charge in [0.25, 0.3) is 10.1 Å². The minimum Gasteiger partial charge on any atom is -0.382 e. The molecular weight excluding hydrogens is 824 g/mol. The molecule has 0 heterocycles. The zero-order chi connectivity index (χ0) is 43.4. The van der Waals surface area contributed by atoms with Crippen molar-refractivity contribution in [3.63, 3.8) is 0 Å². The van der Waals surface area contributed by atoms with Gasteiger partial charge in [-0.15, -0.1) is 0 Å². The molecule has 0 unspecified atom stereocenters. The first-order chi connectivity index (χ1) is 29.6. The van der Waals surface area contributed by atoms with E-state index < -0.39 is 10.1 Å². The van der Waals surface area contributed by atoms with Gasteiger partial charge in [-0.25, -0.2) is 0 Å². The Labute approximate surface area is 358 Å². The molecule has 0 aromatic carbocycles. The van der Waals surface area contributed by atoms with E-state index in [1.165, 1.54) is 0 Å². The zero-order valence-electron chi connectivity index (χ0n) is 36.2. The third kappa shape index (κ3) is 57.2. The molecule has 0 atom stereocenters. The van der Waals surface area contributed by atoms with E-state index in [1.807, 2.05) is 0 Å². The minimum absolute atomic E-state index is 0.242. The van der Waals surface area contributed by atoms with E-state index in [2.05, 4.69) is 0 Å². The Balaban J connectivity index is 3.07. The van der Waals surface area contributed by atoms with Gasteiger partial charge in [-0.3, -0.25) is 4.55 Å². The van der Waals surface area contributed by atoms with Crippen molar-refractivity contribution in [3.8, 4) is 0 Å². The lowest BCUT2D eigenvalue weighted by molar-refractivity contribution is -0.0308. The SMILES string of the molecule is COCCOCCOCCOCCOCCOCCOCCOCCOCCOCCOCCOCCOCCOCCOCCOCCOCCOCCCS(=O)(=O)O. The molecule has 0 spiro atoms. The van der Waals surface area contributed by atoms with E-state index in [0.717, 1.165) is 0 Å². The monoisotopic (exact) mass is 902 g/mol. The van der Waals surface area contributed by atoms with E-state index >= 15 is 0 Å². The van der Waals surface area contributed by atoms with Crippen LogP contribution in [0.4, 0.5) is 0 Å². The second-order valence-electron chi connectivity index (χ2n) is 12.0. The van der Waals surface area contributed by atoms with Crippen LogP contribution in [0.5, 0.6) is 0 Å². The summed E-state index contributed by atoms with van der Waals surface area (Å²) in [6.45, 7) is 16.7. The first-order valence-electron chi connectivity index (χ1n) is 20.8. The maximum absolute atomic E-state index is 10.6. The Morgan fingerprint density at radius 1 is 0.250 bits per heavy atom. The van der Waals surface area contributed by atoms with Crippen molar-refractivity contribution in [2.24, 2.45) is 0 Å². The highest BCUT2D eigenvalue weighted by molar-refractivity contribution is 7.85. The van der Waals surface area contributed by atoms with E-state index in [1.54, 1.807) is 7.11 Å². The molecule has 0 aliphatic carbocycles. The fourth-order valence-corrected chi connectivity index (χ4v) is 4.59. The molecule has 0 radical (unpaired) electrons. The molecule has 0 aliphatic rings. The summed E-state index contributed by atoms with van der Waals surface area (Å²) in [7, 11) is -2.29. The predicted octanol–water partition coefficient (Wildman–Crippen LogP) is 0.193. The van der Waals surface area contributed by atoms with Gasteiger partial charge in [-0.1, -0.05) is 0 Å². The smallest absolute Gasteiger partial charge is 0.264 e. The number of hydrogen-bond acceptors (Lipinski definition) is 20. The summed E-state index contributed by atoms with van der Waals surface area (Å²) in [6, 6.07) is 0. The average Bonchev–Trinajstić information content (AvgIpc) is 3.23. The lowest BCUT2D eigenvalue weighted by atomic mass is 10.5. The molecule has 22 heteroatoms. The van der Waals surface area contributed by atoms with Crippen molar-refractivity contribution in [1.82, 2.24) is 0 Å². The highest BCUT2D eigenvalue weighted by Crippen LogP contribution is 1.91. The van der Waals surface area contributed by atoms with Crippen molar-refractivity contribution in [3.05, 3.63) is 0 Å². The molecule has 0 fully saturated rings. The number of rotatable bonds is 55. The van der Waals surface area contributed by atoms with Crippen LogP contribution >= 0.6 is 0 Å². The third-order valence-electron chi connectivity index (χ3n) is 7.07. The second-order valence-corrected chi connectivity index (χ2v) is 13.6. The summed E-state index contributed by atoms with van der Waals surface area (Å²) in [5.74, 6) is -0.308. The molecule has 0 aliphatic heterocycles. The van der Waals surface area contributed by atoms with Gasteiger partial charge in [0.1, 0.15) is 0 Å². The lowest BCUT2D eigenvalue weighted by Gasteiger charge is -2.09. The van der Waals surface area contributed by atoms with Gasteiger partial charge >= 0.3 is 0 Å². The van der Waals surface area contributed by atoms with Crippen molar-refractivity contribution in [2.75, 3.05) is 244 Å². The van der Waals surface area contributed by atoms with Crippen LogP contribution in [0.1, 0.15) is 6.42 Å². The largest absolute Gasteiger partial charge is 0.382 e. The highest BCUT2D eigenvalue weighted by Gasteiger charge is 2.03. The molecule has 60 heavy (non-hydrogen) atoms. The molecule has 0 saturated heterocycles. The molecule has 1 N–H and O–H groups in total. The molecule has 0 saturated carbocycles. The number of methoxy groups -OCH3 is 1. The molecule has 0 aromatic rings. The van der Waals surface area contributed by atoms with Crippen LogP contribution in [0.15, 0.2) is 0 Å². The fourth-order valence-electron chi connectivity index (χ4n) is 4.11. The Hall–Kier alpha value is -0.810. The van der Waals surface area contributed by atoms with Gasteiger partial charge in [-0.05, 0) is 6.42 Å². The quantitative estimate of drug-likeness (QED) is 0.0636. The fraction of sp³-hybridized carbons (Fsp3) is 1.00. The molecule has 0 bridgehead atoms. The van der Waals surface area contributed by atoms with Gasteiger partial charge in [0.15, 0.2) is 0 Å². The van der Waals surface area contributed by atoms with E-state index in [0.29, 0.717) is 225 Å². The molecule has 0 aromatic heterocycles. The maximum Gasteiger partial charge on any atom is 0.264 e. The first kappa shape index (κ1) is 59.2. The topological polar surface area (TPSA) is 221 Å². The van der Waals surface area contributed by atoms with Gasteiger partial charge in [0.05, 0.1) is 230 Å². The Morgan fingerprint density at radius 3 is 0.517 bits per heavy atom. The van der Waals surface area contributed by atoms with Crippen molar-refractivity contribution in [1.29, 1.82) is 0 Å².